The van der Waals surface area contributed by atoms with Crippen molar-refractivity contribution < 1.29 is 9.53 Å². The normalized spacial score (nSPS) is 22.2. The molecule has 4 nitrogen and oxygen atoms in total. The van der Waals surface area contributed by atoms with Crippen LogP contribution in [0.1, 0.15) is 24.8 Å². The number of hydrogen-bond donors (Lipinski definition) is 1. The Morgan fingerprint density at radius 1 is 1.35 bits per heavy atom. The van der Waals surface area contributed by atoms with E-state index in [9.17, 15) is 4.79 Å². The first-order valence-electron chi connectivity index (χ1n) is 7.36. The van der Waals surface area contributed by atoms with Crippen molar-refractivity contribution in [3.8, 4) is 0 Å². The molecule has 1 aliphatic heterocycles. The van der Waals surface area contributed by atoms with E-state index in [4.69, 9.17) is 10.5 Å². The van der Waals surface area contributed by atoms with Crippen molar-refractivity contribution in [3.63, 3.8) is 0 Å². The molecule has 0 saturated carbocycles. The van der Waals surface area contributed by atoms with Gasteiger partial charge in [0.25, 0.3) is 0 Å². The maximum atomic E-state index is 12.2. The van der Waals surface area contributed by atoms with Gasteiger partial charge in [0.2, 0.25) is 5.91 Å². The number of amides is 1. The second-order valence-corrected chi connectivity index (χ2v) is 5.26. The lowest BCUT2D eigenvalue weighted by Crippen LogP contribution is -2.30. The number of likely N-dealkylation sites (tertiary alicyclic amines) is 1. The molecular formula is C16H24N2O2. The van der Waals surface area contributed by atoms with E-state index in [0.29, 0.717) is 38.0 Å². The minimum absolute atomic E-state index is 0.176. The quantitative estimate of drug-likeness (QED) is 0.803. The summed E-state index contributed by atoms with van der Waals surface area (Å²) >= 11 is 0. The molecule has 1 saturated heterocycles. The maximum absolute atomic E-state index is 12.2. The summed E-state index contributed by atoms with van der Waals surface area (Å²) in [6, 6.07) is 10.4. The van der Waals surface area contributed by atoms with E-state index in [1.165, 1.54) is 5.56 Å². The lowest BCUT2D eigenvalue weighted by molar-refractivity contribution is -0.131. The predicted octanol–water partition coefficient (Wildman–Crippen LogP) is 1.61. The average molecular weight is 276 g/mol. The number of carbonyl (C=O) groups excluding carboxylic acids is 1. The Hall–Kier alpha value is -1.39. The van der Waals surface area contributed by atoms with Crippen LogP contribution in [0, 0.1) is 5.92 Å². The highest BCUT2D eigenvalue weighted by atomic mass is 16.5. The number of hydrogen-bond acceptors (Lipinski definition) is 3. The van der Waals surface area contributed by atoms with Crippen molar-refractivity contribution in [2.24, 2.45) is 11.7 Å². The van der Waals surface area contributed by atoms with Crippen molar-refractivity contribution in [1.82, 2.24) is 4.90 Å². The van der Waals surface area contributed by atoms with E-state index in [1.807, 2.05) is 30.0 Å². The topological polar surface area (TPSA) is 55.6 Å². The smallest absolute Gasteiger partial charge is 0.224 e. The Balaban J connectivity index is 1.97. The summed E-state index contributed by atoms with van der Waals surface area (Å²) in [6.45, 7) is 5.27. The molecule has 110 valence electrons. The van der Waals surface area contributed by atoms with Gasteiger partial charge in [-0.25, -0.2) is 0 Å². The van der Waals surface area contributed by atoms with Crippen LogP contribution >= 0.6 is 0 Å². The van der Waals surface area contributed by atoms with Crippen LogP contribution < -0.4 is 5.73 Å². The zero-order valence-corrected chi connectivity index (χ0v) is 12.1. The van der Waals surface area contributed by atoms with Crippen LogP contribution in [0.2, 0.25) is 0 Å². The molecule has 0 aromatic heterocycles. The first-order valence-corrected chi connectivity index (χ1v) is 7.36. The third-order valence-corrected chi connectivity index (χ3v) is 3.99. The molecule has 1 aliphatic rings. The van der Waals surface area contributed by atoms with Gasteiger partial charge in [0.05, 0.1) is 13.0 Å². The average Bonchev–Trinajstić information content (AvgIpc) is 2.92. The molecule has 0 radical (unpaired) electrons. The van der Waals surface area contributed by atoms with Gasteiger partial charge in [0.1, 0.15) is 0 Å². The number of nitrogens with two attached hydrogens (primary N) is 1. The molecule has 2 N–H and O–H groups in total. The molecule has 0 spiro atoms. The standard InChI is InChI=1S/C16H24N2O2/c1-2-20-9-8-16(19)18-11-14(10-17)15(12-18)13-6-4-3-5-7-13/h3-7,14-15H,2,8-12,17H2,1H3/t14-,15+/m1/s1. The molecule has 0 bridgehead atoms. The highest BCUT2D eigenvalue weighted by Crippen LogP contribution is 2.32. The van der Waals surface area contributed by atoms with E-state index >= 15 is 0 Å². The molecule has 1 heterocycles. The molecule has 1 aromatic carbocycles. The third kappa shape index (κ3) is 3.58. The molecule has 0 unspecified atom stereocenters. The minimum Gasteiger partial charge on any atom is -0.381 e. The minimum atomic E-state index is 0.176. The molecule has 2 rings (SSSR count). The number of rotatable bonds is 6. The van der Waals surface area contributed by atoms with Crippen LogP contribution in [0.4, 0.5) is 0 Å². The largest absolute Gasteiger partial charge is 0.381 e. The predicted molar refractivity (Wildman–Crippen MR) is 79.4 cm³/mol. The first kappa shape index (κ1) is 15.0. The monoisotopic (exact) mass is 276 g/mol. The Morgan fingerprint density at radius 3 is 2.75 bits per heavy atom. The van der Waals surface area contributed by atoms with Gasteiger partial charge in [0.15, 0.2) is 0 Å². The van der Waals surface area contributed by atoms with Gasteiger partial charge >= 0.3 is 0 Å². The van der Waals surface area contributed by atoms with Crippen LogP contribution in [0.5, 0.6) is 0 Å². The summed E-state index contributed by atoms with van der Waals surface area (Å²) in [5.41, 5.74) is 7.16. The Labute approximate surface area is 120 Å². The second kappa shape index (κ2) is 7.41. The maximum Gasteiger partial charge on any atom is 0.224 e. The zero-order valence-electron chi connectivity index (χ0n) is 12.1. The highest BCUT2D eigenvalue weighted by Gasteiger charge is 2.34. The third-order valence-electron chi connectivity index (χ3n) is 3.99. The van der Waals surface area contributed by atoms with E-state index in [1.54, 1.807) is 0 Å². The van der Waals surface area contributed by atoms with Crippen LogP contribution in [0.25, 0.3) is 0 Å². The van der Waals surface area contributed by atoms with Gasteiger partial charge in [-0.2, -0.15) is 0 Å². The van der Waals surface area contributed by atoms with E-state index in [0.717, 1.165) is 13.1 Å². The van der Waals surface area contributed by atoms with Crippen LogP contribution in [0.15, 0.2) is 30.3 Å². The van der Waals surface area contributed by atoms with Gasteiger partial charge in [-0.1, -0.05) is 30.3 Å². The van der Waals surface area contributed by atoms with Crippen molar-refractivity contribution in [2.75, 3.05) is 32.8 Å². The van der Waals surface area contributed by atoms with Crippen molar-refractivity contribution in [3.05, 3.63) is 35.9 Å². The number of benzene rings is 1. The molecule has 4 heteroatoms. The van der Waals surface area contributed by atoms with Crippen molar-refractivity contribution in [2.45, 2.75) is 19.3 Å². The molecule has 1 amide bonds. The molecule has 20 heavy (non-hydrogen) atoms. The van der Waals surface area contributed by atoms with E-state index in [-0.39, 0.29) is 5.91 Å². The van der Waals surface area contributed by atoms with Gasteiger partial charge in [-0.15, -0.1) is 0 Å². The first-order chi connectivity index (χ1) is 9.76. The highest BCUT2D eigenvalue weighted by molar-refractivity contribution is 5.76. The fraction of sp³-hybridized carbons (Fsp3) is 0.562. The number of nitrogens with zero attached hydrogens (tertiary/aromatic N) is 1. The molecule has 1 aromatic rings. The van der Waals surface area contributed by atoms with Crippen LogP contribution in [-0.4, -0.2) is 43.7 Å². The SMILES string of the molecule is CCOCCC(=O)N1C[C@@H](CN)[C@H](c2ccccc2)C1. The number of ether oxygens (including phenoxy) is 1. The Bertz CT molecular complexity index is 422. The fourth-order valence-electron chi connectivity index (χ4n) is 2.85. The van der Waals surface area contributed by atoms with Crippen molar-refractivity contribution >= 4 is 5.91 Å². The van der Waals surface area contributed by atoms with Crippen LogP contribution in [-0.2, 0) is 9.53 Å². The van der Waals surface area contributed by atoms with E-state index < -0.39 is 0 Å². The molecule has 2 atom stereocenters. The summed E-state index contributed by atoms with van der Waals surface area (Å²) in [5, 5.41) is 0. The fourth-order valence-corrected chi connectivity index (χ4v) is 2.85. The zero-order chi connectivity index (χ0) is 14.4. The summed E-state index contributed by atoms with van der Waals surface area (Å²) in [4.78, 5) is 14.1. The lowest BCUT2D eigenvalue weighted by atomic mass is 9.89. The number of carbonyl (C=O) groups is 1. The van der Waals surface area contributed by atoms with Gasteiger partial charge < -0.3 is 15.4 Å². The molecular weight excluding hydrogens is 252 g/mol. The van der Waals surface area contributed by atoms with Gasteiger partial charge in [-0.3, -0.25) is 4.79 Å². The summed E-state index contributed by atoms with van der Waals surface area (Å²) < 4.78 is 5.26. The molecule has 1 fully saturated rings. The Morgan fingerprint density at radius 2 is 2.10 bits per heavy atom. The van der Waals surface area contributed by atoms with Crippen molar-refractivity contribution in [1.29, 1.82) is 0 Å². The summed E-state index contributed by atoms with van der Waals surface area (Å²) in [7, 11) is 0. The van der Waals surface area contributed by atoms with Gasteiger partial charge in [-0.05, 0) is 24.9 Å². The second-order valence-electron chi connectivity index (χ2n) is 5.26. The summed E-state index contributed by atoms with van der Waals surface area (Å²) in [5.74, 6) is 0.890. The van der Waals surface area contributed by atoms with Crippen LogP contribution in [0.3, 0.4) is 0 Å². The Kier molecular flexibility index (Phi) is 5.56. The molecule has 0 aliphatic carbocycles. The van der Waals surface area contributed by atoms with Gasteiger partial charge in [0, 0.05) is 25.6 Å². The van der Waals surface area contributed by atoms with E-state index in [2.05, 4.69) is 12.1 Å². The lowest BCUT2D eigenvalue weighted by Gasteiger charge is -2.16. The summed E-state index contributed by atoms with van der Waals surface area (Å²) in [6.07, 6.45) is 0.465.